The second-order valence-corrected chi connectivity index (χ2v) is 5.34. The number of likely N-dealkylation sites (N-methyl/N-ethyl adjacent to an activating group) is 2. The van der Waals surface area contributed by atoms with E-state index in [9.17, 15) is 9.90 Å². The SMILES string of the molecule is CN(CC(=O)N(C)C)CC(O)COc1ccc(Cl)cc1. The highest BCUT2D eigenvalue weighted by Crippen LogP contribution is 2.15. The largest absolute Gasteiger partial charge is 0.491 e. The van der Waals surface area contributed by atoms with Crippen molar-refractivity contribution >= 4 is 17.5 Å². The predicted octanol–water partition coefficient (Wildman–Crippen LogP) is 1.10. The van der Waals surface area contributed by atoms with Crippen LogP contribution in [0.2, 0.25) is 5.02 Å². The Morgan fingerprint density at radius 2 is 1.90 bits per heavy atom. The summed E-state index contributed by atoms with van der Waals surface area (Å²) in [6.45, 7) is 0.806. The molecule has 0 saturated carbocycles. The number of aliphatic hydroxyl groups excluding tert-OH is 1. The number of aliphatic hydroxyl groups is 1. The maximum absolute atomic E-state index is 11.5. The van der Waals surface area contributed by atoms with Gasteiger partial charge in [0.1, 0.15) is 18.5 Å². The van der Waals surface area contributed by atoms with Gasteiger partial charge in [-0.1, -0.05) is 11.6 Å². The van der Waals surface area contributed by atoms with Gasteiger partial charge in [-0.05, 0) is 31.3 Å². The van der Waals surface area contributed by atoms with Gasteiger partial charge in [-0.25, -0.2) is 0 Å². The van der Waals surface area contributed by atoms with Crippen molar-refractivity contribution in [2.24, 2.45) is 0 Å². The summed E-state index contributed by atoms with van der Waals surface area (Å²) in [4.78, 5) is 14.8. The lowest BCUT2D eigenvalue weighted by atomic mass is 10.3. The highest BCUT2D eigenvalue weighted by Gasteiger charge is 2.13. The number of nitrogens with zero attached hydrogens (tertiary/aromatic N) is 2. The van der Waals surface area contributed by atoms with Crippen LogP contribution >= 0.6 is 11.6 Å². The third-order valence-electron chi connectivity index (χ3n) is 2.68. The van der Waals surface area contributed by atoms with Crippen molar-refractivity contribution in [3.8, 4) is 5.75 Å². The average Bonchev–Trinajstić information content (AvgIpc) is 2.37. The quantitative estimate of drug-likeness (QED) is 0.819. The Kier molecular flexibility index (Phi) is 6.78. The van der Waals surface area contributed by atoms with Crippen molar-refractivity contribution in [2.75, 3.05) is 40.8 Å². The van der Waals surface area contributed by atoms with E-state index in [0.29, 0.717) is 17.3 Å². The van der Waals surface area contributed by atoms with Gasteiger partial charge in [0.15, 0.2) is 0 Å². The zero-order chi connectivity index (χ0) is 15.1. The van der Waals surface area contributed by atoms with Gasteiger partial charge in [0.05, 0.1) is 6.54 Å². The van der Waals surface area contributed by atoms with Crippen LogP contribution < -0.4 is 4.74 Å². The summed E-state index contributed by atoms with van der Waals surface area (Å²) in [6, 6.07) is 6.94. The molecule has 0 saturated heterocycles. The summed E-state index contributed by atoms with van der Waals surface area (Å²) in [5.74, 6) is 0.652. The Hall–Kier alpha value is -1.30. The number of amides is 1. The number of hydrogen-bond donors (Lipinski definition) is 1. The van der Waals surface area contributed by atoms with E-state index in [1.54, 1.807) is 50.3 Å². The van der Waals surface area contributed by atoms with E-state index in [1.165, 1.54) is 4.90 Å². The van der Waals surface area contributed by atoms with Crippen molar-refractivity contribution < 1.29 is 14.6 Å². The highest BCUT2D eigenvalue weighted by atomic mass is 35.5. The molecule has 0 aliphatic carbocycles. The third kappa shape index (κ3) is 6.23. The third-order valence-corrected chi connectivity index (χ3v) is 2.93. The maximum Gasteiger partial charge on any atom is 0.236 e. The predicted molar refractivity (Wildman–Crippen MR) is 79.1 cm³/mol. The molecule has 0 fully saturated rings. The molecule has 1 N–H and O–H groups in total. The van der Waals surface area contributed by atoms with Crippen LogP contribution in [0.1, 0.15) is 0 Å². The Balaban J connectivity index is 2.30. The highest BCUT2D eigenvalue weighted by molar-refractivity contribution is 6.30. The summed E-state index contributed by atoms with van der Waals surface area (Å²) >= 11 is 5.77. The lowest BCUT2D eigenvalue weighted by Crippen LogP contribution is -2.39. The van der Waals surface area contributed by atoms with Crippen molar-refractivity contribution in [1.29, 1.82) is 0 Å². The molecule has 0 bridgehead atoms. The Bertz CT molecular complexity index is 423. The van der Waals surface area contributed by atoms with E-state index in [-0.39, 0.29) is 19.1 Å². The normalized spacial score (nSPS) is 12.3. The smallest absolute Gasteiger partial charge is 0.236 e. The lowest BCUT2D eigenvalue weighted by molar-refractivity contribution is -0.129. The molecule has 6 heteroatoms. The summed E-state index contributed by atoms with van der Waals surface area (Å²) in [5, 5.41) is 10.5. The van der Waals surface area contributed by atoms with Gasteiger partial charge >= 0.3 is 0 Å². The Morgan fingerprint density at radius 3 is 2.45 bits per heavy atom. The van der Waals surface area contributed by atoms with Gasteiger partial charge in [-0.3, -0.25) is 9.69 Å². The number of carbonyl (C=O) groups is 1. The minimum Gasteiger partial charge on any atom is -0.491 e. The summed E-state index contributed by atoms with van der Waals surface area (Å²) in [7, 11) is 5.19. The molecule has 5 nitrogen and oxygen atoms in total. The second kappa shape index (κ2) is 8.09. The van der Waals surface area contributed by atoms with Gasteiger partial charge in [-0.2, -0.15) is 0 Å². The summed E-state index contributed by atoms with van der Waals surface area (Å²) in [6.07, 6.45) is -0.661. The van der Waals surface area contributed by atoms with Gasteiger partial charge in [0.25, 0.3) is 0 Å². The number of halogens is 1. The molecule has 0 heterocycles. The van der Waals surface area contributed by atoms with E-state index in [1.807, 2.05) is 0 Å². The monoisotopic (exact) mass is 300 g/mol. The van der Waals surface area contributed by atoms with Crippen LogP contribution in [0, 0.1) is 0 Å². The van der Waals surface area contributed by atoms with Crippen LogP contribution in [0.25, 0.3) is 0 Å². The fourth-order valence-electron chi connectivity index (χ4n) is 1.57. The Labute approximate surface area is 124 Å². The molecule has 1 atom stereocenters. The van der Waals surface area contributed by atoms with Crippen LogP contribution in [-0.4, -0.2) is 67.8 Å². The minimum absolute atomic E-state index is 0.00156. The molecule has 0 spiro atoms. The number of benzene rings is 1. The summed E-state index contributed by atoms with van der Waals surface area (Å²) < 4.78 is 5.45. The van der Waals surface area contributed by atoms with Crippen LogP contribution in [0.15, 0.2) is 24.3 Å². The second-order valence-electron chi connectivity index (χ2n) is 4.90. The fourth-order valence-corrected chi connectivity index (χ4v) is 1.70. The number of ether oxygens (including phenoxy) is 1. The van der Waals surface area contributed by atoms with Gasteiger partial charge in [0.2, 0.25) is 5.91 Å². The minimum atomic E-state index is -0.661. The molecule has 0 aliphatic rings. The van der Waals surface area contributed by atoms with Crippen molar-refractivity contribution in [3.63, 3.8) is 0 Å². The number of rotatable bonds is 7. The molecule has 1 aromatic carbocycles. The fraction of sp³-hybridized carbons (Fsp3) is 0.500. The van der Waals surface area contributed by atoms with Gasteiger partial charge in [0, 0.05) is 25.7 Å². The molecule has 20 heavy (non-hydrogen) atoms. The molecule has 1 rings (SSSR count). The van der Waals surface area contributed by atoms with E-state index < -0.39 is 6.10 Å². The van der Waals surface area contributed by atoms with Crippen LogP contribution in [0.4, 0.5) is 0 Å². The lowest BCUT2D eigenvalue weighted by Gasteiger charge is -2.21. The van der Waals surface area contributed by atoms with Crippen LogP contribution in [0.5, 0.6) is 5.75 Å². The molecular formula is C14H21ClN2O3. The first-order valence-electron chi connectivity index (χ1n) is 6.33. The van der Waals surface area contributed by atoms with Gasteiger partial charge in [-0.15, -0.1) is 0 Å². The van der Waals surface area contributed by atoms with E-state index in [4.69, 9.17) is 16.3 Å². The standard InChI is InChI=1S/C14H21ClN2O3/c1-16(2)14(19)9-17(3)8-12(18)10-20-13-6-4-11(15)5-7-13/h4-7,12,18H,8-10H2,1-3H3. The molecule has 0 aliphatic heterocycles. The first kappa shape index (κ1) is 16.8. The van der Waals surface area contributed by atoms with E-state index in [0.717, 1.165) is 0 Å². The molecule has 1 unspecified atom stereocenters. The molecule has 112 valence electrons. The van der Waals surface area contributed by atoms with Crippen LogP contribution in [0.3, 0.4) is 0 Å². The molecule has 1 aromatic rings. The molecule has 0 aromatic heterocycles. The first-order valence-corrected chi connectivity index (χ1v) is 6.71. The van der Waals surface area contributed by atoms with E-state index in [2.05, 4.69) is 0 Å². The number of hydrogen-bond acceptors (Lipinski definition) is 4. The van der Waals surface area contributed by atoms with Crippen molar-refractivity contribution in [2.45, 2.75) is 6.10 Å². The number of carbonyl (C=O) groups excluding carboxylic acids is 1. The topological polar surface area (TPSA) is 53.0 Å². The van der Waals surface area contributed by atoms with E-state index >= 15 is 0 Å². The Morgan fingerprint density at radius 1 is 1.30 bits per heavy atom. The molecular weight excluding hydrogens is 280 g/mol. The average molecular weight is 301 g/mol. The van der Waals surface area contributed by atoms with Gasteiger partial charge < -0.3 is 14.7 Å². The van der Waals surface area contributed by atoms with Crippen LogP contribution in [-0.2, 0) is 4.79 Å². The first-order chi connectivity index (χ1) is 9.38. The summed E-state index contributed by atoms with van der Waals surface area (Å²) in [5.41, 5.74) is 0. The molecule has 0 radical (unpaired) electrons. The van der Waals surface area contributed by atoms with Crippen molar-refractivity contribution in [3.05, 3.63) is 29.3 Å². The zero-order valence-corrected chi connectivity index (χ0v) is 12.8. The van der Waals surface area contributed by atoms with Crippen molar-refractivity contribution in [1.82, 2.24) is 9.80 Å². The maximum atomic E-state index is 11.5. The zero-order valence-electron chi connectivity index (χ0n) is 12.0. The molecule has 1 amide bonds.